The van der Waals surface area contributed by atoms with Crippen LogP contribution in [0.25, 0.3) is 11.0 Å². The van der Waals surface area contributed by atoms with Crippen LogP contribution in [-0.4, -0.2) is 20.2 Å². The van der Waals surface area contributed by atoms with Crippen LogP contribution in [-0.2, 0) is 0 Å². The van der Waals surface area contributed by atoms with E-state index in [1.54, 1.807) is 12.5 Å². The molecular weight excluding hydrogens is 274 g/mol. The van der Waals surface area contributed by atoms with Gasteiger partial charge in [-0.2, -0.15) is 5.10 Å². The maximum Gasteiger partial charge on any atom is 0.160 e. The molecule has 0 aliphatic heterocycles. The Hall–Kier alpha value is -3.21. The first-order valence-corrected chi connectivity index (χ1v) is 6.98. The van der Waals surface area contributed by atoms with Gasteiger partial charge < -0.3 is 0 Å². The van der Waals surface area contributed by atoms with Crippen LogP contribution in [0.1, 0.15) is 0 Å². The smallest absolute Gasteiger partial charge is 0.160 e. The quantitative estimate of drug-likeness (QED) is 0.622. The summed E-state index contributed by atoms with van der Waals surface area (Å²) in [5, 5.41) is 7.85. The maximum atomic E-state index is 4.49. The number of aromatic amines is 1. The molecule has 106 valence electrons. The highest BCUT2D eigenvalue weighted by Crippen LogP contribution is 2.35. The fraction of sp³-hybridized carbons (Fsp3) is 0. The van der Waals surface area contributed by atoms with Gasteiger partial charge in [0.25, 0.3) is 0 Å². The van der Waals surface area contributed by atoms with Crippen LogP contribution >= 0.6 is 0 Å². The second-order valence-electron chi connectivity index (χ2n) is 4.84. The van der Waals surface area contributed by atoms with Crippen molar-refractivity contribution in [3.8, 4) is 0 Å². The van der Waals surface area contributed by atoms with Crippen molar-refractivity contribution in [1.82, 2.24) is 20.2 Å². The van der Waals surface area contributed by atoms with E-state index >= 15 is 0 Å². The fourth-order valence-electron chi connectivity index (χ4n) is 2.48. The second-order valence-corrected chi connectivity index (χ2v) is 4.84. The summed E-state index contributed by atoms with van der Waals surface area (Å²) in [5.74, 6) is 0.802. The number of nitrogens with zero attached hydrogens (tertiary/aromatic N) is 4. The van der Waals surface area contributed by atoms with Gasteiger partial charge in [-0.25, -0.2) is 9.97 Å². The molecule has 0 atom stereocenters. The van der Waals surface area contributed by atoms with E-state index < -0.39 is 0 Å². The first kappa shape index (κ1) is 12.5. The van der Waals surface area contributed by atoms with E-state index in [9.17, 15) is 0 Å². The predicted octanol–water partition coefficient (Wildman–Crippen LogP) is 3.82. The Morgan fingerprint density at radius 3 is 2.05 bits per heavy atom. The number of benzene rings is 2. The molecule has 0 unspecified atom stereocenters. The molecule has 0 bridgehead atoms. The molecular formula is C17H13N5. The minimum Gasteiger partial charge on any atom is -0.294 e. The van der Waals surface area contributed by atoms with Gasteiger partial charge in [0, 0.05) is 11.4 Å². The SMILES string of the molecule is c1ccc(N(c2ccccc2)c2ncnc3[nH]ncc23)cc1. The largest absolute Gasteiger partial charge is 0.294 e. The lowest BCUT2D eigenvalue weighted by atomic mass is 10.2. The van der Waals surface area contributed by atoms with Crippen molar-refractivity contribution >= 4 is 28.2 Å². The van der Waals surface area contributed by atoms with Gasteiger partial charge in [-0.1, -0.05) is 36.4 Å². The normalized spacial score (nSPS) is 10.7. The van der Waals surface area contributed by atoms with E-state index in [1.165, 1.54) is 0 Å². The number of fused-ring (bicyclic) bond motifs is 1. The topological polar surface area (TPSA) is 57.7 Å². The predicted molar refractivity (Wildman–Crippen MR) is 86.4 cm³/mol. The summed E-state index contributed by atoms with van der Waals surface area (Å²) in [4.78, 5) is 10.8. The molecule has 0 spiro atoms. The van der Waals surface area contributed by atoms with Gasteiger partial charge in [0.2, 0.25) is 0 Å². The van der Waals surface area contributed by atoms with Crippen LogP contribution < -0.4 is 4.90 Å². The zero-order valence-corrected chi connectivity index (χ0v) is 11.7. The second kappa shape index (κ2) is 5.29. The highest BCUT2D eigenvalue weighted by Gasteiger charge is 2.17. The Morgan fingerprint density at radius 1 is 0.773 bits per heavy atom. The van der Waals surface area contributed by atoms with Crippen molar-refractivity contribution < 1.29 is 0 Å². The molecule has 0 radical (unpaired) electrons. The molecule has 2 aromatic carbocycles. The van der Waals surface area contributed by atoms with Crippen molar-refractivity contribution in [3.63, 3.8) is 0 Å². The molecule has 0 saturated heterocycles. The molecule has 0 fully saturated rings. The lowest BCUT2D eigenvalue weighted by Crippen LogP contribution is -2.11. The first-order valence-electron chi connectivity index (χ1n) is 6.98. The third kappa shape index (κ3) is 2.09. The van der Waals surface area contributed by atoms with E-state index in [0.29, 0.717) is 0 Å². The number of hydrogen-bond acceptors (Lipinski definition) is 4. The van der Waals surface area contributed by atoms with Gasteiger partial charge in [0.05, 0.1) is 11.6 Å². The van der Waals surface area contributed by atoms with Gasteiger partial charge in [-0.3, -0.25) is 10.00 Å². The summed E-state index contributed by atoms with van der Waals surface area (Å²) in [6, 6.07) is 20.3. The summed E-state index contributed by atoms with van der Waals surface area (Å²) in [7, 11) is 0. The van der Waals surface area contributed by atoms with E-state index in [-0.39, 0.29) is 0 Å². The van der Waals surface area contributed by atoms with E-state index in [0.717, 1.165) is 28.2 Å². The van der Waals surface area contributed by atoms with Crippen molar-refractivity contribution in [2.45, 2.75) is 0 Å². The zero-order valence-electron chi connectivity index (χ0n) is 11.7. The zero-order chi connectivity index (χ0) is 14.8. The molecule has 2 heterocycles. The number of hydrogen-bond donors (Lipinski definition) is 1. The third-order valence-corrected chi connectivity index (χ3v) is 3.47. The number of aromatic nitrogens is 4. The molecule has 1 N–H and O–H groups in total. The standard InChI is InChI=1S/C17H13N5/c1-3-7-13(8-4-1)22(14-9-5-2-6-10-14)17-15-11-20-21-16(15)18-12-19-17/h1-12H,(H,18,19,20,21). The number of para-hydroxylation sites is 2. The lowest BCUT2D eigenvalue weighted by Gasteiger charge is -2.24. The van der Waals surface area contributed by atoms with Gasteiger partial charge in [0.1, 0.15) is 6.33 Å². The Morgan fingerprint density at radius 2 is 1.41 bits per heavy atom. The summed E-state index contributed by atoms with van der Waals surface area (Å²) < 4.78 is 0. The molecule has 5 nitrogen and oxygen atoms in total. The van der Waals surface area contributed by atoms with Crippen LogP contribution in [0.3, 0.4) is 0 Å². The molecule has 22 heavy (non-hydrogen) atoms. The summed E-state index contributed by atoms with van der Waals surface area (Å²) in [6.45, 7) is 0. The van der Waals surface area contributed by atoms with Crippen molar-refractivity contribution in [2.24, 2.45) is 0 Å². The van der Waals surface area contributed by atoms with Gasteiger partial charge in [-0.15, -0.1) is 0 Å². The van der Waals surface area contributed by atoms with Crippen LogP contribution in [0.5, 0.6) is 0 Å². The van der Waals surface area contributed by atoms with E-state index in [4.69, 9.17) is 0 Å². The van der Waals surface area contributed by atoms with Crippen molar-refractivity contribution in [1.29, 1.82) is 0 Å². The summed E-state index contributed by atoms with van der Waals surface area (Å²) >= 11 is 0. The summed E-state index contributed by atoms with van der Waals surface area (Å²) in [5.41, 5.74) is 2.80. The van der Waals surface area contributed by atoms with Crippen molar-refractivity contribution in [3.05, 3.63) is 73.2 Å². The molecule has 0 aliphatic rings. The van der Waals surface area contributed by atoms with Crippen molar-refractivity contribution in [2.75, 3.05) is 4.90 Å². The molecule has 0 aliphatic carbocycles. The minimum absolute atomic E-state index is 0.724. The third-order valence-electron chi connectivity index (χ3n) is 3.47. The molecule has 0 saturated carbocycles. The van der Waals surface area contributed by atoms with Gasteiger partial charge >= 0.3 is 0 Å². The molecule has 5 heteroatoms. The molecule has 0 amide bonds. The van der Waals surface area contributed by atoms with Gasteiger partial charge in [-0.05, 0) is 24.3 Å². The van der Waals surface area contributed by atoms with E-state index in [1.807, 2.05) is 36.4 Å². The summed E-state index contributed by atoms with van der Waals surface area (Å²) in [6.07, 6.45) is 3.30. The highest BCUT2D eigenvalue weighted by molar-refractivity contribution is 5.92. The first-order chi connectivity index (χ1) is 10.9. The maximum absolute atomic E-state index is 4.49. The Bertz CT molecular complexity index is 847. The van der Waals surface area contributed by atoms with Gasteiger partial charge in [0.15, 0.2) is 11.5 Å². The Kier molecular flexibility index (Phi) is 3.01. The van der Waals surface area contributed by atoms with Crippen LogP contribution in [0, 0.1) is 0 Å². The number of nitrogens with one attached hydrogen (secondary N) is 1. The van der Waals surface area contributed by atoms with E-state index in [2.05, 4.69) is 49.3 Å². The highest BCUT2D eigenvalue weighted by atomic mass is 15.2. The number of H-pyrrole nitrogens is 1. The Labute approximate surface area is 127 Å². The number of anilines is 3. The average Bonchev–Trinajstić information content (AvgIpc) is 3.07. The van der Waals surface area contributed by atoms with Crippen LogP contribution in [0.4, 0.5) is 17.2 Å². The van der Waals surface area contributed by atoms with Crippen LogP contribution in [0.15, 0.2) is 73.2 Å². The molecule has 2 aromatic heterocycles. The Balaban J connectivity index is 1.97. The monoisotopic (exact) mass is 287 g/mol. The number of rotatable bonds is 3. The molecule has 4 rings (SSSR count). The lowest BCUT2D eigenvalue weighted by molar-refractivity contribution is 1.08. The average molecular weight is 287 g/mol. The minimum atomic E-state index is 0.724. The molecule has 4 aromatic rings. The fourth-order valence-corrected chi connectivity index (χ4v) is 2.48. The van der Waals surface area contributed by atoms with Crippen LogP contribution in [0.2, 0.25) is 0 Å².